The Labute approximate surface area is 134 Å². The van der Waals surface area contributed by atoms with E-state index in [0.29, 0.717) is 5.69 Å². The minimum atomic E-state index is -0.450. The van der Waals surface area contributed by atoms with Crippen LogP contribution < -0.4 is 15.5 Å². The highest BCUT2D eigenvalue weighted by molar-refractivity contribution is 6.11. The molecule has 2 amide bonds. The first kappa shape index (κ1) is 15.3. The molecule has 23 heavy (non-hydrogen) atoms. The smallest absolute Gasteiger partial charge is 0.244 e. The van der Waals surface area contributed by atoms with Crippen LogP contribution in [0.25, 0.3) is 0 Å². The lowest BCUT2D eigenvalue weighted by atomic mass is 10.1. The number of furan rings is 1. The maximum Gasteiger partial charge on any atom is 0.244 e. The van der Waals surface area contributed by atoms with Crippen molar-refractivity contribution in [1.82, 2.24) is 5.32 Å². The number of fused-ring (bicyclic) bond motifs is 1. The number of anilines is 2. The van der Waals surface area contributed by atoms with Crippen molar-refractivity contribution >= 4 is 23.2 Å². The first-order valence-electron chi connectivity index (χ1n) is 7.56. The molecule has 0 saturated heterocycles. The molecule has 1 aliphatic heterocycles. The Morgan fingerprint density at radius 3 is 2.78 bits per heavy atom. The molecule has 2 N–H and O–H groups in total. The fourth-order valence-electron chi connectivity index (χ4n) is 2.73. The van der Waals surface area contributed by atoms with Crippen LogP contribution in [0.1, 0.15) is 25.6 Å². The summed E-state index contributed by atoms with van der Waals surface area (Å²) in [6, 6.07) is 10.4. The van der Waals surface area contributed by atoms with Crippen LogP contribution >= 0.6 is 0 Å². The third-order valence-corrected chi connectivity index (χ3v) is 3.88. The summed E-state index contributed by atoms with van der Waals surface area (Å²) >= 11 is 0. The Morgan fingerprint density at radius 2 is 2.04 bits per heavy atom. The summed E-state index contributed by atoms with van der Waals surface area (Å²) < 4.78 is 5.34. The van der Waals surface area contributed by atoms with Crippen molar-refractivity contribution in [2.24, 2.45) is 0 Å². The van der Waals surface area contributed by atoms with Gasteiger partial charge in [0, 0.05) is 0 Å². The van der Waals surface area contributed by atoms with Gasteiger partial charge in [0.1, 0.15) is 12.3 Å². The lowest BCUT2D eigenvalue weighted by Crippen LogP contribution is -2.50. The van der Waals surface area contributed by atoms with Gasteiger partial charge in [0.15, 0.2) is 0 Å². The van der Waals surface area contributed by atoms with E-state index < -0.39 is 6.04 Å². The normalized spacial score (nSPS) is 16.4. The molecule has 0 unspecified atom stereocenters. The van der Waals surface area contributed by atoms with E-state index in [-0.39, 0.29) is 24.4 Å². The standard InChI is InChI=1S/C17H19N3O3/c1-11(15-8-5-9-23-15)18-12(2)17(22)20-10-16(21)19-13-6-3-4-7-14(13)20/h3-9,11-12,18H,10H2,1-2H3,(H,19,21)/t11-,12-/m1/s1. The highest BCUT2D eigenvalue weighted by Gasteiger charge is 2.30. The molecule has 1 aliphatic rings. The van der Waals surface area contributed by atoms with Crippen molar-refractivity contribution in [3.8, 4) is 0 Å². The van der Waals surface area contributed by atoms with Gasteiger partial charge in [-0.05, 0) is 38.1 Å². The summed E-state index contributed by atoms with van der Waals surface area (Å²) in [4.78, 5) is 26.1. The SMILES string of the molecule is C[C@@H](N[C@H](C)c1ccco1)C(=O)N1CC(=O)Nc2ccccc21. The van der Waals surface area contributed by atoms with Crippen molar-refractivity contribution in [3.05, 3.63) is 48.4 Å². The molecule has 1 aromatic carbocycles. The largest absolute Gasteiger partial charge is 0.468 e. The Bertz CT molecular complexity index is 712. The van der Waals surface area contributed by atoms with Gasteiger partial charge in [-0.1, -0.05) is 12.1 Å². The summed E-state index contributed by atoms with van der Waals surface area (Å²) in [7, 11) is 0. The zero-order valence-electron chi connectivity index (χ0n) is 13.1. The van der Waals surface area contributed by atoms with Crippen LogP contribution in [-0.2, 0) is 9.59 Å². The third-order valence-electron chi connectivity index (χ3n) is 3.88. The zero-order valence-corrected chi connectivity index (χ0v) is 13.1. The minimum absolute atomic E-state index is 0.0248. The van der Waals surface area contributed by atoms with E-state index in [2.05, 4.69) is 10.6 Å². The van der Waals surface area contributed by atoms with Crippen molar-refractivity contribution in [2.75, 3.05) is 16.8 Å². The van der Waals surface area contributed by atoms with Gasteiger partial charge in [0.25, 0.3) is 0 Å². The van der Waals surface area contributed by atoms with Gasteiger partial charge < -0.3 is 9.73 Å². The van der Waals surface area contributed by atoms with E-state index in [1.54, 1.807) is 19.3 Å². The third kappa shape index (κ3) is 3.12. The van der Waals surface area contributed by atoms with Gasteiger partial charge in [-0.3, -0.25) is 19.8 Å². The molecule has 2 atom stereocenters. The van der Waals surface area contributed by atoms with E-state index in [4.69, 9.17) is 4.42 Å². The summed E-state index contributed by atoms with van der Waals surface area (Å²) in [5, 5.41) is 5.99. The molecule has 0 aliphatic carbocycles. The van der Waals surface area contributed by atoms with Crippen molar-refractivity contribution in [3.63, 3.8) is 0 Å². The Kier molecular flexibility index (Phi) is 4.16. The van der Waals surface area contributed by atoms with Crippen LogP contribution in [0.15, 0.2) is 47.1 Å². The highest BCUT2D eigenvalue weighted by atomic mass is 16.3. The molecule has 0 fully saturated rings. The first-order chi connectivity index (χ1) is 11.1. The number of carbonyl (C=O) groups is 2. The van der Waals surface area contributed by atoms with Crippen LogP contribution in [0.2, 0.25) is 0 Å². The van der Waals surface area contributed by atoms with Crippen molar-refractivity contribution in [1.29, 1.82) is 0 Å². The highest BCUT2D eigenvalue weighted by Crippen LogP contribution is 2.29. The fraction of sp³-hybridized carbons (Fsp3) is 0.294. The van der Waals surface area contributed by atoms with Crippen LogP contribution in [0.3, 0.4) is 0 Å². The maximum atomic E-state index is 12.8. The van der Waals surface area contributed by atoms with Crippen LogP contribution in [-0.4, -0.2) is 24.4 Å². The van der Waals surface area contributed by atoms with Crippen LogP contribution in [0.5, 0.6) is 0 Å². The topological polar surface area (TPSA) is 74.6 Å². The molecule has 0 bridgehead atoms. The zero-order chi connectivity index (χ0) is 16.4. The molecule has 120 valence electrons. The number of rotatable bonds is 4. The average Bonchev–Trinajstić information content (AvgIpc) is 3.07. The second kappa shape index (κ2) is 6.26. The maximum absolute atomic E-state index is 12.8. The molecule has 2 aromatic rings. The number of amides is 2. The molecule has 6 nitrogen and oxygen atoms in total. The van der Waals surface area contributed by atoms with E-state index in [1.807, 2.05) is 37.3 Å². The van der Waals surface area contributed by atoms with Gasteiger partial charge in [-0.25, -0.2) is 0 Å². The molecular formula is C17H19N3O3. The van der Waals surface area contributed by atoms with Gasteiger partial charge in [-0.15, -0.1) is 0 Å². The number of hydrogen-bond donors (Lipinski definition) is 2. The number of hydrogen-bond acceptors (Lipinski definition) is 4. The van der Waals surface area contributed by atoms with E-state index in [1.165, 1.54) is 4.90 Å². The minimum Gasteiger partial charge on any atom is -0.468 e. The predicted molar refractivity (Wildman–Crippen MR) is 87.1 cm³/mol. The number of benzene rings is 1. The number of para-hydroxylation sites is 2. The second-order valence-corrected chi connectivity index (χ2v) is 5.62. The summed E-state index contributed by atoms with van der Waals surface area (Å²) in [6.45, 7) is 3.74. The van der Waals surface area contributed by atoms with E-state index in [0.717, 1.165) is 11.4 Å². The molecule has 0 radical (unpaired) electrons. The Morgan fingerprint density at radius 1 is 1.26 bits per heavy atom. The lowest BCUT2D eigenvalue weighted by molar-refractivity contribution is -0.123. The molecule has 2 heterocycles. The van der Waals surface area contributed by atoms with Crippen molar-refractivity contribution in [2.45, 2.75) is 25.9 Å². The number of carbonyl (C=O) groups excluding carboxylic acids is 2. The fourth-order valence-corrected chi connectivity index (χ4v) is 2.73. The second-order valence-electron chi connectivity index (χ2n) is 5.62. The molecule has 3 rings (SSSR count). The van der Waals surface area contributed by atoms with E-state index in [9.17, 15) is 9.59 Å². The van der Waals surface area contributed by atoms with Gasteiger partial charge in [-0.2, -0.15) is 0 Å². The van der Waals surface area contributed by atoms with Crippen LogP contribution in [0, 0.1) is 0 Å². The molecule has 1 aromatic heterocycles. The summed E-state index contributed by atoms with van der Waals surface area (Å²) in [5.74, 6) is 0.426. The molecule has 0 saturated carbocycles. The Hall–Kier alpha value is -2.60. The Balaban J connectivity index is 1.76. The van der Waals surface area contributed by atoms with Crippen molar-refractivity contribution < 1.29 is 14.0 Å². The quantitative estimate of drug-likeness (QED) is 0.908. The summed E-state index contributed by atoms with van der Waals surface area (Å²) in [6.07, 6.45) is 1.60. The van der Waals surface area contributed by atoms with Gasteiger partial charge in [0.2, 0.25) is 11.8 Å². The predicted octanol–water partition coefficient (Wildman–Crippen LogP) is 2.30. The van der Waals surface area contributed by atoms with Crippen LogP contribution in [0.4, 0.5) is 11.4 Å². The number of nitrogens with one attached hydrogen (secondary N) is 2. The monoisotopic (exact) mass is 313 g/mol. The number of nitrogens with zero attached hydrogens (tertiary/aromatic N) is 1. The first-order valence-corrected chi connectivity index (χ1v) is 7.56. The molecular weight excluding hydrogens is 294 g/mol. The lowest BCUT2D eigenvalue weighted by Gasteiger charge is -2.31. The average molecular weight is 313 g/mol. The van der Waals surface area contributed by atoms with Gasteiger partial charge >= 0.3 is 0 Å². The summed E-state index contributed by atoms with van der Waals surface area (Å²) in [5.41, 5.74) is 1.37. The van der Waals surface area contributed by atoms with E-state index >= 15 is 0 Å². The van der Waals surface area contributed by atoms with Gasteiger partial charge in [0.05, 0.1) is 29.7 Å². The molecule has 0 spiro atoms. The molecule has 6 heteroatoms.